The van der Waals surface area contributed by atoms with Crippen LogP contribution in [0.1, 0.15) is 16.2 Å². The van der Waals surface area contributed by atoms with Gasteiger partial charge in [0.2, 0.25) is 0 Å². The van der Waals surface area contributed by atoms with E-state index in [2.05, 4.69) is 14.9 Å². The zero-order chi connectivity index (χ0) is 17.6. The molecule has 2 aromatic carbocycles. The highest BCUT2D eigenvalue weighted by atomic mass is 16.5. The molecule has 0 atom stereocenters. The first-order valence-corrected chi connectivity index (χ1v) is 8.08. The molecule has 1 amide bonds. The first-order chi connectivity index (χ1) is 12.2. The first kappa shape index (κ1) is 17.0. The Morgan fingerprint density at radius 2 is 1.88 bits per heavy atom. The summed E-state index contributed by atoms with van der Waals surface area (Å²) in [6.45, 7) is 1.62. The molecule has 0 saturated carbocycles. The monoisotopic (exact) mass is 339 g/mol. The van der Waals surface area contributed by atoms with Crippen LogP contribution in [0.15, 0.2) is 48.5 Å². The van der Waals surface area contributed by atoms with Crippen LogP contribution in [0.2, 0.25) is 0 Å². The number of nitrogens with zero attached hydrogens (tertiary/aromatic N) is 2. The van der Waals surface area contributed by atoms with E-state index in [4.69, 9.17) is 9.47 Å². The third-order valence-corrected chi connectivity index (χ3v) is 4.01. The molecule has 0 bridgehead atoms. The van der Waals surface area contributed by atoms with Gasteiger partial charge >= 0.3 is 0 Å². The maximum Gasteiger partial charge on any atom is 0.251 e. The summed E-state index contributed by atoms with van der Waals surface area (Å²) in [5, 5.41) is 2.93. The number of carbonyl (C=O) groups excluding carboxylic acids is 1. The lowest BCUT2D eigenvalue weighted by molar-refractivity contribution is 0.0949. The van der Waals surface area contributed by atoms with Crippen molar-refractivity contribution in [1.29, 1.82) is 0 Å². The van der Waals surface area contributed by atoms with Gasteiger partial charge in [0.05, 0.1) is 31.3 Å². The average molecular weight is 339 g/mol. The van der Waals surface area contributed by atoms with Crippen molar-refractivity contribution in [3.63, 3.8) is 0 Å². The minimum absolute atomic E-state index is 0.145. The fraction of sp³-hybridized carbons (Fsp3) is 0.263. The molecule has 0 aliphatic carbocycles. The summed E-state index contributed by atoms with van der Waals surface area (Å²) >= 11 is 0. The van der Waals surface area contributed by atoms with Crippen LogP contribution < -0.4 is 10.1 Å². The van der Waals surface area contributed by atoms with E-state index in [-0.39, 0.29) is 5.91 Å². The Bertz CT molecular complexity index is 856. The largest absolute Gasteiger partial charge is 0.497 e. The second kappa shape index (κ2) is 7.81. The highest BCUT2D eigenvalue weighted by Gasteiger charge is 2.12. The number of rotatable bonds is 7. The molecular formula is C19H21N3O3. The maximum atomic E-state index is 12.3. The predicted octanol–water partition coefficient (Wildman–Crippen LogP) is 2.62. The Morgan fingerprint density at radius 3 is 2.60 bits per heavy atom. The third kappa shape index (κ3) is 3.80. The highest BCUT2D eigenvalue weighted by Crippen LogP contribution is 2.16. The second-order valence-corrected chi connectivity index (χ2v) is 5.57. The van der Waals surface area contributed by atoms with Crippen LogP contribution in [0.25, 0.3) is 11.0 Å². The Hall–Kier alpha value is -2.86. The molecule has 1 aromatic heterocycles. The summed E-state index contributed by atoms with van der Waals surface area (Å²) in [5.41, 5.74) is 2.53. The molecule has 0 fully saturated rings. The maximum absolute atomic E-state index is 12.3. The van der Waals surface area contributed by atoms with Crippen LogP contribution in [-0.4, -0.2) is 36.3 Å². The molecule has 0 saturated heterocycles. The molecule has 3 rings (SSSR count). The van der Waals surface area contributed by atoms with Gasteiger partial charge in [-0.1, -0.05) is 12.1 Å². The summed E-state index contributed by atoms with van der Waals surface area (Å²) in [6.07, 6.45) is 0. The minimum atomic E-state index is -0.145. The number of ether oxygens (including phenoxy) is 2. The number of fused-ring (bicyclic) bond motifs is 1. The topological polar surface area (TPSA) is 65.4 Å². The van der Waals surface area contributed by atoms with Crippen molar-refractivity contribution in [1.82, 2.24) is 14.9 Å². The smallest absolute Gasteiger partial charge is 0.251 e. The molecule has 0 aliphatic rings. The molecule has 25 heavy (non-hydrogen) atoms. The van der Waals surface area contributed by atoms with Crippen LogP contribution in [0.5, 0.6) is 5.75 Å². The van der Waals surface area contributed by atoms with Gasteiger partial charge in [-0.25, -0.2) is 4.98 Å². The van der Waals surface area contributed by atoms with Crippen molar-refractivity contribution in [2.45, 2.75) is 13.1 Å². The highest BCUT2D eigenvalue weighted by molar-refractivity contribution is 5.94. The number of amides is 1. The zero-order valence-corrected chi connectivity index (χ0v) is 14.4. The Labute approximate surface area is 146 Å². The molecule has 3 aromatic rings. The van der Waals surface area contributed by atoms with Crippen molar-refractivity contribution in [3.8, 4) is 5.75 Å². The van der Waals surface area contributed by atoms with Gasteiger partial charge in [-0.05, 0) is 36.4 Å². The van der Waals surface area contributed by atoms with Crippen molar-refractivity contribution in [2.24, 2.45) is 0 Å². The van der Waals surface area contributed by atoms with E-state index < -0.39 is 0 Å². The molecule has 0 spiro atoms. The van der Waals surface area contributed by atoms with Crippen LogP contribution in [0.3, 0.4) is 0 Å². The number of hydrogen-bond donors (Lipinski definition) is 1. The lowest BCUT2D eigenvalue weighted by atomic mass is 10.2. The third-order valence-electron chi connectivity index (χ3n) is 4.01. The van der Waals surface area contributed by atoms with E-state index >= 15 is 0 Å². The molecule has 6 heteroatoms. The van der Waals surface area contributed by atoms with E-state index in [1.807, 2.05) is 24.3 Å². The van der Waals surface area contributed by atoms with Crippen molar-refractivity contribution in [2.75, 3.05) is 20.8 Å². The van der Waals surface area contributed by atoms with Gasteiger partial charge in [0.25, 0.3) is 5.91 Å². The second-order valence-electron chi connectivity index (χ2n) is 5.57. The van der Waals surface area contributed by atoms with Crippen molar-refractivity contribution in [3.05, 3.63) is 59.9 Å². The number of imidazole rings is 1. The molecule has 0 aliphatic heterocycles. The number of para-hydroxylation sites is 2. The standard InChI is InChI=1S/C19H21N3O3/c1-24-12-11-22-17-6-4-3-5-16(17)21-18(22)13-20-19(23)14-7-9-15(25-2)10-8-14/h3-10H,11-13H2,1-2H3,(H,20,23). The van der Waals surface area contributed by atoms with Crippen molar-refractivity contribution < 1.29 is 14.3 Å². The number of carbonyl (C=O) groups is 1. The van der Waals surface area contributed by atoms with Crippen LogP contribution in [0.4, 0.5) is 0 Å². The summed E-state index contributed by atoms with van der Waals surface area (Å²) in [4.78, 5) is 17.0. The molecule has 6 nitrogen and oxygen atoms in total. The number of methoxy groups -OCH3 is 2. The lowest BCUT2D eigenvalue weighted by Crippen LogP contribution is -2.25. The molecule has 1 N–H and O–H groups in total. The Kier molecular flexibility index (Phi) is 5.30. The first-order valence-electron chi connectivity index (χ1n) is 8.08. The van der Waals surface area contributed by atoms with Gasteiger partial charge in [-0.2, -0.15) is 0 Å². The lowest BCUT2D eigenvalue weighted by Gasteiger charge is -2.10. The quantitative estimate of drug-likeness (QED) is 0.719. The van der Waals surface area contributed by atoms with Crippen LogP contribution in [0, 0.1) is 0 Å². The van der Waals surface area contributed by atoms with Gasteiger partial charge in [-0.15, -0.1) is 0 Å². The zero-order valence-electron chi connectivity index (χ0n) is 14.4. The fourth-order valence-corrected chi connectivity index (χ4v) is 2.70. The number of nitrogens with one attached hydrogen (secondary N) is 1. The van der Waals surface area contributed by atoms with Crippen LogP contribution in [-0.2, 0) is 17.8 Å². The van der Waals surface area contributed by atoms with Crippen molar-refractivity contribution >= 4 is 16.9 Å². The van der Waals surface area contributed by atoms with Gasteiger partial charge in [-0.3, -0.25) is 4.79 Å². The number of hydrogen-bond acceptors (Lipinski definition) is 4. The summed E-state index contributed by atoms with van der Waals surface area (Å²) in [5.74, 6) is 1.38. The Morgan fingerprint density at radius 1 is 1.12 bits per heavy atom. The molecule has 130 valence electrons. The van der Waals surface area contributed by atoms with E-state index in [9.17, 15) is 4.79 Å². The van der Waals surface area contributed by atoms with E-state index in [0.29, 0.717) is 25.3 Å². The molecule has 0 unspecified atom stereocenters. The number of aromatic nitrogens is 2. The van der Waals surface area contributed by atoms with E-state index in [0.717, 1.165) is 22.6 Å². The van der Waals surface area contributed by atoms with Gasteiger partial charge in [0.1, 0.15) is 11.6 Å². The normalized spacial score (nSPS) is 10.8. The average Bonchev–Trinajstić information content (AvgIpc) is 3.02. The SMILES string of the molecule is COCCn1c(CNC(=O)c2ccc(OC)cc2)nc2ccccc21. The van der Waals surface area contributed by atoms with Gasteiger partial charge < -0.3 is 19.4 Å². The minimum Gasteiger partial charge on any atom is -0.497 e. The fourth-order valence-electron chi connectivity index (χ4n) is 2.70. The van der Waals surface area contributed by atoms with E-state index in [1.165, 1.54) is 0 Å². The van der Waals surface area contributed by atoms with Crippen LogP contribution >= 0.6 is 0 Å². The Balaban J connectivity index is 1.76. The summed E-state index contributed by atoms with van der Waals surface area (Å²) < 4.78 is 12.4. The van der Waals surface area contributed by atoms with Gasteiger partial charge in [0.15, 0.2) is 0 Å². The predicted molar refractivity (Wildman–Crippen MR) is 95.8 cm³/mol. The molecular weight excluding hydrogens is 318 g/mol. The summed E-state index contributed by atoms with van der Waals surface area (Å²) in [6, 6.07) is 14.9. The number of benzene rings is 2. The molecule has 1 heterocycles. The summed E-state index contributed by atoms with van der Waals surface area (Å²) in [7, 11) is 3.27. The molecule has 0 radical (unpaired) electrons. The van der Waals surface area contributed by atoms with Gasteiger partial charge in [0, 0.05) is 19.2 Å². The van der Waals surface area contributed by atoms with E-state index in [1.54, 1.807) is 38.5 Å².